The van der Waals surface area contributed by atoms with Crippen molar-refractivity contribution in [2.45, 2.75) is 26.8 Å². The highest BCUT2D eigenvalue weighted by Gasteiger charge is 2.12. The van der Waals surface area contributed by atoms with Gasteiger partial charge in [-0.25, -0.2) is 0 Å². The number of hydrogen-bond donors (Lipinski definition) is 1. The molecule has 4 heteroatoms. The first-order valence-corrected chi connectivity index (χ1v) is 8.82. The predicted molar refractivity (Wildman–Crippen MR) is 103 cm³/mol. The van der Waals surface area contributed by atoms with Crippen molar-refractivity contribution in [3.8, 4) is 23.8 Å². The van der Waals surface area contributed by atoms with Gasteiger partial charge in [0, 0.05) is 12.2 Å². The normalized spacial score (nSPS) is 10.1. The SMILES string of the molecule is C#CCOc1c(Br)cc(CNc2ccccc2CC)cc1OCC. The standard InChI is InChI=1S/C20H22BrNO2/c1-4-11-24-20-17(21)12-15(13-19(20)23-6-3)14-22-18-10-8-7-9-16(18)5-2/h1,7-10,12-13,22H,5-6,11,14H2,2-3H3. The Morgan fingerprint density at radius 2 is 1.96 bits per heavy atom. The topological polar surface area (TPSA) is 30.5 Å². The van der Waals surface area contributed by atoms with Crippen LogP contribution in [0.2, 0.25) is 0 Å². The number of para-hydroxylation sites is 1. The number of hydrogen-bond acceptors (Lipinski definition) is 3. The van der Waals surface area contributed by atoms with Crippen molar-refractivity contribution < 1.29 is 9.47 Å². The molecule has 0 atom stereocenters. The van der Waals surface area contributed by atoms with Gasteiger partial charge in [-0.2, -0.15) is 0 Å². The number of benzene rings is 2. The van der Waals surface area contributed by atoms with Crippen LogP contribution in [-0.2, 0) is 13.0 Å². The summed E-state index contributed by atoms with van der Waals surface area (Å²) in [6.45, 7) is 5.57. The van der Waals surface area contributed by atoms with Gasteiger partial charge >= 0.3 is 0 Å². The summed E-state index contributed by atoms with van der Waals surface area (Å²) in [5, 5.41) is 3.49. The van der Waals surface area contributed by atoms with Crippen LogP contribution >= 0.6 is 15.9 Å². The minimum Gasteiger partial charge on any atom is -0.490 e. The number of nitrogens with one attached hydrogen (secondary N) is 1. The van der Waals surface area contributed by atoms with Crippen LogP contribution in [0.5, 0.6) is 11.5 Å². The third-order valence-electron chi connectivity index (χ3n) is 3.55. The second-order valence-electron chi connectivity index (χ2n) is 5.19. The molecule has 126 valence electrons. The number of terminal acetylenes is 1. The summed E-state index contributed by atoms with van der Waals surface area (Å²) in [5.41, 5.74) is 3.56. The lowest BCUT2D eigenvalue weighted by Gasteiger charge is -2.16. The molecule has 0 aliphatic rings. The van der Waals surface area contributed by atoms with E-state index in [4.69, 9.17) is 15.9 Å². The van der Waals surface area contributed by atoms with Crippen LogP contribution in [0.15, 0.2) is 40.9 Å². The Hall–Kier alpha value is -2.12. The maximum atomic E-state index is 5.70. The van der Waals surface area contributed by atoms with Gasteiger partial charge in [0.15, 0.2) is 11.5 Å². The van der Waals surface area contributed by atoms with E-state index in [2.05, 4.69) is 52.3 Å². The molecule has 0 fully saturated rings. The van der Waals surface area contributed by atoms with Gasteiger partial charge in [-0.15, -0.1) is 6.42 Å². The number of rotatable bonds is 8. The van der Waals surface area contributed by atoms with Crippen molar-refractivity contribution in [3.05, 3.63) is 52.0 Å². The zero-order chi connectivity index (χ0) is 17.4. The Labute approximate surface area is 152 Å². The Morgan fingerprint density at radius 1 is 1.17 bits per heavy atom. The van der Waals surface area contributed by atoms with Crippen molar-refractivity contribution in [1.82, 2.24) is 0 Å². The Bertz CT molecular complexity index is 722. The fourth-order valence-corrected chi connectivity index (χ4v) is 3.04. The Kier molecular flexibility index (Phi) is 7.02. The largest absolute Gasteiger partial charge is 0.490 e. The summed E-state index contributed by atoms with van der Waals surface area (Å²) in [7, 11) is 0. The molecule has 0 spiro atoms. The fourth-order valence-electron chi connectivity index (χ4n) is 2.44. The molecule has 2 rings (SSSR count). The molecule has 0 radical (unpaired) electrons. The molecular weight excluding hydrogens is 366 g/mol. The summed E-state index contributed by atoms with van der Waals surface area (Å²) in [5.74, 6) is 3.82. The second-order valence-corrected chi connectivity index (χ2v) is 6.05. The van der Waals surface area contributed by atoms with Gasteiger partial charge in [0.1, 0.15) is 6.61 Å². The van der Waals surface area contributed by atoms with Gasteiger partial charge < -0.3 is 14.8 Å². The van der Waals surface area contributed by atoms with E-state index in [-0.39, 0.29) is 6.61 Å². The highest BCUT2D eigenvalue weighted by atomic mass is 79.9. The van der Waals surface area contributed by atoms with E-state index in [9.17, 15) is 0 Å². The number of ether oxygens (including phenoxy) is 2. The first-order chi connectivity index (χ1) is 11.7. The van der Waals surface area contributed by atoms with Crippen LogP contribution < -0.4 is 14.8 Å². The molecule has 0 aromatic heterocycles. The molecule has 0 bridgehead atoms. The maximum Gasteiger partial charge on any atom is 0.176 e. The summed E-state index contributed by atoms with van der Waals surface area (Å²) < 4.78 is 12.1. The molecule has 0 saturated carbocycles. The summed E-state index contributed by atoms with van der Waals surface area (Å²) >= 11 is 3.55. The lowest BCUT2D eigenvalue weighted by Crippen LogP contribution is -2.05. The predicted octanol–water partition coefficient (Wildman–Crippen LogP) is 5.03. The van der Waals surface area contributed by atoms with E-state index >= 15 is 0 Å². The first-order valence-electron chi connectivity index (χ1n) is 8.02. The van der Waals surface area contributed by atoms with E-state index in [0.717, 1.165) is 22.1 Å². The van der Waals surface area contributed by atoms with Crippen LogP contribution in [0, 0.1) is 12.3 Å². The van der Waals surface area contributed by atoms with Crippen molar-refractivity contribution in [2.24, 2.45) is 0 Å². The molecule has 3 nitrogen and oxygen atoms in total. The zero-order valence-electron chi connectivity index (χ0n) is 14.1. The van der Waals surface area contributed by atoms with Gasteiger partial charge in [-0.3, -0.25) is 0 Å². The molecule has 0 aliphatic carbocycles. The minimum absolute atomic E-state index is 0.208. The summed E-state index contributed by atoms with van der Waals surface area (Å²) in [4.78, 5) is 0. The average molecular weight is 388 g/mol. The molecule has 0 aliphatic heterocycles. The molecule has 0 amide bonds. The second kappa shape index (κ2) is 9.24. The Balaban J connectivity index is 2.20. The molecule has 0 unspecified atom stereocenters. The van der Waals surface area contributed by atoms with Gasteiger partial charge in [0.25, 0.3) is 0 Å². The van der Waals surface area contributed by atoms with Crippen LogP contribution in [0.1, 0.15) is 25.0 Å². The van der Waals surface area contributed by atoms with E-state index < -0.39 is 0 Å². The van der Waals surface area contributed by atoms with Crippen LogP contribution in [0.3, 0.4) is 0 Å². The summed E-state index contributed by atoms with van der Waals surface area (Å²) in [6, 6.07) is 12.4. The summed E-state index contributed by atoms with van der Waals surface area (Å²) in [6.07, 6.45) is 6.27. The number of aryl methyl sites for hydroxylation is 1. The van der Waals surface area contributed by atoms with Crippen molar-refractivity contribution in [2.75, 3.05) is 18.5 Å². The molecule has 2 aromatic carbocycles. The Morgan fingerprint density at radius 3 is 2.67 bits per heavy atom. The monoisotopic (exact) mass is 387 g/mol. The lowest BCUT2D eigenvalue weighted by atomic mass is 10.1. The van der Waals surface area contributed by atoms with Gasteiger partial charge in [0.05, 0.1) is 11.1 Å². The van der Waals surface area contributed by atoms with Crippen LogP contribution in [0.25, 0.3) is 0 Å². The van der Waals surface area contributed by atoms with Crippen molar-refractivity contribution >= 4 is 21.6 Å². The zero-order valence-corrected chi connectivity index (χ0v) is 15.7. The molecular formula is C20H22BrNO2. The molecule has 2 aromatic rings. The smallest absolute Gasteiger partial charge is 0.176 e. The van der Waals surface area contributed by atoms with Crippen LogP contribution in [0.4, 0.5) is 5.69 Å². The van der Waals surface area contributed by atoms with Gasteiger partial charge in [0.2, 0.25) is 0 Å². The lowest BCUT2D eigenvalue weighted by molar-refractivity contribution is 0.297. The maximum absolute atomic E-state index is 5.70. The molecule has 0 heterocycles. The number of halogens is 1. The first kappa shape index (κ1) is 18.2. The average Bonchev–Trinajstić information content (AvgIpc) is 2.59. The quantitative estimate of drug-likeness (QED) is 0.643. The van der Waals surface area contributed by atoms with Crippen molar-refractivity contribution in [1.29, 1.82) is 0 Å². The van der Waals surface area contributed by atoms with Crippen molar-refractivity contribution in [3.63, 3.8) is 0 Å². The van der Waals surface area contributed by atoms with E-state index in [1.165, 1.54) is 5.56 Å². The highest BCUT2D eigenvalue weighted by molar-refractivity contribution is 9.10. The fraction of sp³-hybridized carbons (Fsp3) is 0.300. The van der Waals surface area contributed by atoms with E-state index in [1.807, 2.05) is 25.1 Å². The number of anilines is 1. The third-order valence-corrected chi connectivity index (χ3v) is 4.14. The third kappa shape index (κ3) is 4.69. The minimum atomic E-state index is 0.208. The molecule has 1 N–H and O–H groups in total. The van der Waals surface area contributed by atoms with Gasteiger partial charge in [-0.05, 0) is 58.6 Å². The van der Waals surface area contributed by atoms with Crippen LogP contribution in [-0.4, -0.2) is 13.2 Å². The highest BCUT2D eigenvalue weighted by Crippen LogP contribution is 2.37. The molecule has 0 saturated heterocycles. The van der Waals surface area contributed by atoms with E-state index in [1.54, 1.807) is 0 Å². The molecule has 24 heavy (non-hydrogen) atoms. The van der Waals surface area contributed by atoms with Gasteiger partial charge in [-0.1, -0.05) is 31.0 Å². The van der Waals surface area contributed by atoms with E-state index in [0.29, 0.717) is 24.7 Å².